The number of pyridine rings is 1. The first-order valence-electron chi connectivity index (χ1n) is 7.88. The van der Waals surface area contributed by atoms with Crippen LogP contribution in [0.4, 0.5) is 5.69 Å². The third-order valence-corrected chi connectivity index (χ3v) is 3.99. The number of rotatable bonds is 3. The Morgan fingerprint density at radius 2 is 1.96 bits per heavy atom. The summed E-state index contributed by atoms with van der Waals surface area (Å²) in [5.41, 5.74) is 1.82. The number of hydrogen-bond donors (Lipinski definition) is 0. The Labute approximate surface area is 138 Å². The van der Waals surface area contributed by atoms with E-state index >= 15 is 0 Å². The van der Waals surface area contributed by atoms with Crippen molar-refractivity contribution in [3.63, 3.8) is 0 Å². The molecular weight excluding hydrogens is 292 g/mol. The van der Waals surface area contributed by atoms with Gasteiger partial charge in [0.1, 0.15) is 0 Å². The van der Waals surface area contributed by atoms with Crippen molar-refractivity contribution in [1.29, 1.82) is 0 Å². The molecule has 0 aliphatic carbocycles. The van der Waals surface area contributed by atoms with Gasteiger partial charge in [0.2, 0.25) is 11.8 Å². The van der Waals surface area contributed by atoms with Crippen LogP contribution < -0.4 is 4.90 Å². The fourth-order valence-electron chi connectivity index (χ4n) is 2.45. The van der Waals surface area contributed by atoms with Crippen LogP contribution in [0.1, 0.15) is 26.5 Å². The molecule has 0 spiro atoms. The molecule has 0 bridgehead atoms. The standard InChI is InChI=1S/C17H26N4O2/c1-17(2,3)14-7-6-13(10-18-14)21-9-8-20(12-16(21)23)11-15(22)19(4)5/h6-7,10H,8-9,11-12H2,1-5H3. The molecule has 2 rings (SSSR count). The lowest BCUT2D eigenvalue weighted by molar-refractivity contribution is -0.131. The van der Waals surface area contributed by atoms with E-state index in [-0.39, 0.29) is 30.3 Å². The van der Waals surface area contributed by atoms with Crippen molar-refractivity contribution in [3.05, 3.63) is 24.0 Å². The Balaban J connectivity index is 2.01. The molecule has 23 heavy (non-hydrogen) atoms. The summed E-state index contributed by atoms with van der Waals surface area (Å²) >= 11 is 0. The van der Waals surface area contributed by atoms with Gasteiger partial charge in [0.05, 0.1) is 25.0 Å². The molecule has 1 aromatic heterocycles. The van der Waals surface area contributed by atoms with E-state index in [0.717, 1.165) is 11.4 Å². The van der Waals surface area contributed by atoms with E-state index in [9.17, 15) is 9.59 Å². The molecule has 1 aliphatic rings. The molecule has 0 saturated carbocycles. The van der Waals surface area contributed by atoms with E-state index in [1.165, 1.54) is 0 Å². The van der Waals surface area contributed by atoms with Gasteiger partial charge in [-0.2, -0.15) is 0 Å². The van der Waals surface area contributed by atoms with Gasteiger partial charge in [0.15, 0.2) is 0 Å². The van der Waals surface area contributed by atoms with Gasteiger partial charge < -0.3 is 9.80 Å². The van der Waals surface area contributed by atoms with Crippen LogP contribution in [-0.4, -0.2) is 66.9 Å². The molecule has 0 unspecified atom stereocenters. The van der Waals surface area contributed by atoms with E-state index < -0.39 is 0 Å². The van der Waals surface area contributed by atoms with Crippen molar-refractivity contribution >= 4 is 17.5 Å². The molecule has 1 saturated heterocycles. The number of hydrogen-bond acceptors (Lipinski definition) is 4. The summed E-state index contributed by atoms with van der Waals surface area (Å²) in [4.78, 5) is 33.8. The van der Waals surface area contributed by atoms with Crippen LogP contribution in [0.25, 0.3) is 0 Å². The minimum Gasteiger partial charge on any atom is -0.348 e. The molecule has 0 N–H and O–H groups in total. The van der Waals surface area contributed by atoms with Crippen LogP contribution in [0, 0.1) is 0 Å². The Kier molecular flexibility index (Phi) is 5.04. The zero-order valence-corrected chi connectivity index (χ0v) is 14.7. The van der Waals surface area contributed by atoms with Crippen molar-refractivity contribution in [1.82, 2.24) is 14.8 Å². The molecule has 126 valence electrons. The zero-order valence-electron chi connectivity index (χ0n) is 14.7. The summed E-state index contributed by atoms with van der Waals surface area (Å²) in [6.07, 6.45) is 1.76. The summed E-state index contributed by atoms with van der Waals surface area (Å²) < 4.78 is 0. The van der Waals surface area contributed by atoms with E-state index in [0.29, 0.717) is 13.1 Å². The number of likely N-dealkylation sites (N-methyl/N-ethyl adjacent to an activating group) is 1. The largest absolute Gasteiger partial charge is 0.348 e. The maximum Gasteiger partial charge on any atom is 0.241 e. The summed E-state index contributed by atoms with van der Waals surface area (Å²) in [5.74, 6) is 0.0237. The summed E-state index contributed by atoms with van der Waals surface area (Å²) in [5, 5.41) is 0. The van der Waals surface area contributed by atoms with Crippen LogP contribution in [0.3, 0.4) is 0 Å². The van der Waals surface area contributed by atoms with Crippen LogP contribution in [0.15, 0.2) is 18.3 Å². The maximum absolute atomic E-state index is 12.4. The van der Waals surface area contributed by atoms with Gasteiger partial charge in [0.25, 0.3) is 0 Å². The Morgan fingerprint density at radius 1 is 1.26 bits per heavy atom. The van der Waals surface area contributed by atoms with Gasteiger partial charge in [-0.05, 0) is 12.1 Å². The molecular formula is C17H26N4O2. The van der Waals surface area contributed by atoms with Crippen LogP contribution >= 0.6 is 0 Å². The molecule has 6 nitrogen and oxygen atoms in total. The number of nitrogens with zero attached hydrogens (tertiary/aromatic N) is 4. The van der Waals surface area contributed by atoms with Crippen molar-refractivity contribution in [2.45, 2.75) is 26.2 Å². The molecule has 1 aliphatic heterocycles. The molecule has 6 heteroatoms. The average Bonchev–Trinajstić information content (AvgIpc) is 2.46. The van der Waals surface area contributed by atoms with Crippen molar-refractivity contribution < 1.29 is 9.59 Å². The maximum atomic E-state index is 12.4. The van der Waals surface area contributed by atoms with Crippen molar-refractivity contribution in [3.8, 4) is 0 Å². The number of anilines is 1. The Hall–Kier alpha value is -1.95. The SMILES string of the molecule is CN(C)C(=O)CN1CCN(c2ccc(C(C)(C)C)nc2)C(=O)C1. The topological polar surface area (TPSA) is 56.8 Å². The fourth-order valence-corrected chi connectivity index (χ4v) is 2.45. The number of amides is 2. The van der Waals surface area contributed by atoms with Gasteiger partial charge in [-0.25, -0.2) is 0 Å². The predicted octanol–water partition coefficient (Wildman–Crippen LogP) is 1.12. The second-order valence-electron chi connectivity index (χ2n) is 7.20. The van der Waals surface area contributed by atoms with E-state index in [1.807, 2.05) is 17.0 Å². The molecule has 2 heterocycles. The first kappa shape index (κ1) is 17.4. The monoisotopic (exact) mass is 318 g/mol. The lowest BCUT2D eigenvalue weighted by Crippen LogP contribution is -2.52. The summed E-state index contributed by atoms with van der Waals surface area (Å²) in [6.45, 7) is 8.15. The molecule has 0 radical (unpaired) electrons. The van der Waals surface area contributed by atoms with E-state index in [1.54, 1.807) is 30.1 Å². The van der Waals surface area contributed by atoms with Crippen molar-refractivity contribution in [2.75, 3.05) is 45.2 Å². The highest BCUT2D eigenvalue weighted by Crippen LogP contribution is 2.23. The highest BCUT2D eigenvalue weighted by molar-refractivity contribution is 5.95. The Morgan fingerprint density at radius 3 is 2.43 bits per heavy atom. The minimum absolute atomic E-state index is 0.00617. The number of carbonyl (C=O) groups is 2. The molecule has 2 amide bonds. The normalized spacial score (nSPS) is 16.6. The second-order valence-corrected chi connectivity index (χ2v) is 7.20. The zero-order chi connectivity index (χ0) is 17.2. The lowest BCUT2D eigenvalue weighted by atomic mass is 9.92. The minimum atomic E-state index is -0.00617. The molecule has 0 atom stereocenters. The van der Waals surface area contributed by atoms with Gasteiger partial charge in [-0.3, -0.25) is 19.5 Å². The number of piperazine rings is 1. The summed E-state index contributed by atoms with van der Waals surface area (Å²) in [7, 11) is 3.45. The van der Waals surface area contributed by atoms with Crippen LogP contribution in [0.2, 0.25) is 0 Å². The van der Waals surface area contributed by atoms with Crippen LogP contribution in [0.5, 0.6) is 0 Å². The smallest absolute Gasteiger partial charge is 0.241 e. The highest BCUT2D eigenvalue weighted by Gasteiger charge is 2.27. The van der Waals surface area contributed by atoms with E-state index in [2.05, 4.69) is 25.8 Å². The third kappa shape index (κ3) is 4.28. The van der Waals surface area contributed by atoms with Gasteiger partial charge in [-0.1, -0.05) is 20.8 Å². The van der Waals surface area contributed by atoms with Gasteiger partial charge in [0, 0.05) is 38.3 Å². The fraction of sp³-hybridized carbons (Fsp3) is 0.588. The first-order chi connectivity index (χ1) is 10.7. The first-order valence-corrected chi connectivity index (χ1v) is 7.88. The molecule has 0 aromatic carbocycles. The van der Waals surface area contributed by atoms with Crippen molar-refractivity contribution in [2.24, 2.45) is 0 Å². The Bertz CT molecular complexity index is 575. The average molecular weight is 318 g/mol. The quantitative estimate of drug-likeness (QED) is 0.838. The highest BCUT2D eigenvalue weighted by atomic mass is 16.2. The van der Waals surface area contributed by atoms with Gasteiger partial charge >= 0.3 is 0 Å². The second kappa shape index (κ2) is 6.66. The number of aromatic nitrogens is 1. The number of carbonyl (C=O) groups excluding carboxylic acids is 2. The predicted molar refractivity (Wildman–Crippen MR) is 90.4 cm³/mol. The summed E-state index contributed by atoms with van der Waals surface area (Å²) in [6, 6.07) is 3.93. The third-order valence-electron chi connectivity index (χ3n) is 3.99. The molecule has 1 fully saturated rings. The molecule has 1 aromatic rings. The van der Waals surface area contributed by atoms with Gasteiger partial charge in [-0.15, -0.1) is 0 Å². The lowest BCUT2D eigenvalue weighted by Gasteiger charge is -2.34. The van der Waals surface area contributed by atoms with Crippen LogP contribution in [-0.2, 0) is 15.0 Å². The van der Waals surface area contributed by atoms with E-state index in [4.69, 9.17) is 0 Å².